The van der Waals surface area contributed by atoms with Gasteiger partial charge < -0.3 is 9.84 Å². The fraction of sp³-hybridized carbons (Fsp3) is 0.214. The zero-order valence-electron chi connectivity index (χ0n) is 11.8. The van der Waals surface area contributed by atoms with E-state index in [1.807, 2.05) is 37.3 Å². The molecular weight excluding hydrogens is 286 g/mol. The fourth-order valence-corrected chi connectivity index (χ4v) is 2.44. The lowest BCUT2D eigenvalue weighted by atomic mass is 10.2. The molecule has 0 aliphatic rings. The third-order valence-electron chi connectivity index (χ3n) is 2.81. The minimum atomic E-state index is 0.623. The van der Waals surface area contributed by atoms with Crippen LogP contribution < -0.4 is 5.32 Å². The Morgan fingerprint density at radius 1 is 1.24 bits per heavy atom. The van der Waals surface area contributed by atoms with Crippen molar-refractivity contribution < 1.29 is 4.52 Å². The Kier molecular flexibility index (Phi) is 3.92. The van der Waals surface area contributed by atoms with Crippen molar-refractivity contribution in [3.63, 3.8) is 0 Å². The summed E-state index contributed by atoms with van der Waals surface area (Å²) in [6.45, 7) is 3.93. The van der Waals surface area contributed by atoms with E-state index in [9.17, 15) is 0 Å². The molecule has 0 fully saturated rings. The van der Waals surface area contributed by atoms with Crippen LogP contribution in [0.3, 0.4) is 0 Å². The van der Waals surface area contributed by atoms with Crippen LogP contribution in [0.1, 0.15) is 17.0 Å². The Bertz CT molecular complexity index is 719. The summed E-state index contributed by atoms with van der Waals surface area (Å²) >= 11 is 1.50. The van der Waals surface area contributed by atoms with Gasteiger partial charge >= 0.3 is 0 Å². The molecule has 108 valence electrons. The summed E-state index contributed by atoms with van der Waals surface area (Å²) in [6.07, 6.45) is 0. The monoisotopic (exact) mass is 301 g/mol. The zero-order chi connectivity index (χ0) is 14.7. The maximum atomic E-state index is 5.02. The van der Waals surface area contributed by atoms with Crippen molar-refractivity contribution in [1.82, 2.24) is 20.3 Å². The van der Waals surface area contributed by atoms with E-state index >= 15 is 0 Å². The molecule has 0 aliphatic heterocycles. The molecule has 0 aliphatic carbocycles. The van der Waals surface area contributed by atoms with E-state index < -0.39 is 0 Å². The molecule has 7 heteroatoms. The van der Waals surface area contributed by atoms with Gasteiger partial charge in [-0.1, -0.05) is 34.6 Å². The van der Waals surface area contributed by atoms with Gasteiger partial charge in [-0.15, -0.1) is 5.10 Å². The fourth-order valence-electron chi connectivity index (χ4n) is 1.76. The summed E-state index contributed by atoms with van der Waals surface area (Å²) in [5, 5.41) is 14.8. The van der Waals surface area contributed by atoms with Crippen molar-refractivity contribution in [2.45, 2.75) is 24.8 Å². The molecule has 3 rings (SSSR count). The van der Waals surface area contributed by atoms with Crippen molar-refractivity contribution in [1.29, 1.82) is 0 Å². The smallest absolute Gasteiger partial charge is 0.223 e. The van der Waals surface area contributed by atoms with E-state index in [0.29, 0.717) is 16.9 Å². The maximum Gasteiger partial charge on any atom is 0.223 e. The first-order valence-electron chi connectivity index (χ1n) is 6.50. The zero-order valence-corrected chi connectivity index (χ0v) is 12.6. The van der Waals surface area contributed by atoms with Crippen molar-refractivity contribution in [2.75, 3.05) is 5.32 Å². The Morgan fingerprint density at radius 2 is 2.05 bits per heavy atom. The van der Waals surface area contributed by atoms with Gasteiger partial charge in [0, 0.05) is 17.5 Å². The number of benzene rings is 1. The van der Waals surface area contributed by atoms with E-state index in [1.165, 1.54) is 17.3 Å². The normalized spacial score (nSPS) is 10.8. The molecule has 0 amide bonds. The molecule has 0 spiro atoms. The maximum absolute atomic E-state index is 5.02. The number of H-pyrrole nitrogens is 1. The second-order valence-corrected chi connectivity index (χ2v) is 5.62. The summed E-state index contributed by atoms with van der Waals surface area (Å²) in [5.74, 6) is 2.11. The Hall–Kier alpha value is -2.28. The molecule has 6 nitrogen and oxygen atoms in total. The van der Waals surface area contributed by atoms with Crippen molar-refractivity contribution in [2.24, 2.45) is 0 Å². The number of rotatable bonds is 5. The van der Waals surface area contributed by atoms with Gasteiger partial charge in [-0.25, -0.2) is 5.10 Å². The number of thioether (sulfide) groups is 1. The highest BCUT2D eigenvalue weighted by Gasteiger charge is 2.07. The summed E-state index contributed by atoms with van der Waals surface area (Å²) < 4.78 is 5.02. The summed E-state index contributed by atoms with van der Waals surface area (Å²) in [4.78, 5) is 4.38. The Morgan fingerprint density at radius 3 is 2.76 bits per heavy atom. The summed E-state index contributed by atoms with van der Waals surface area (Å²) in [7, 11) is 0. The van der Waals surface area contributed by atoms with Crippen LogP contribution in [0, 0.1) is 13.8 Å². The molecule has 0 atom stereocenters. The first kappa shape index (κ1) is 13.7. The van der Waals surface area contributed by atoms with Crippen LogP contribution in [-0.4, -0.2) is 20.3 Å². The van der Waals surface area contributed by atoms with Crippen LogP contribution in [-0.2, 0) is 5.75 Å². The highest BCUT2D eigenvalue weighted by molar-refractivity contribution is 7.98. The SMILES string of the molecule is Cc1ccc(Nc2nc(SCc3cc(C)on3)n[nH]2)cc1. The first-order valence-corrected chi connectivity index (χ1v) is 7.49. The predicted octanol–water partition coefficient (Wildman–Crippen LogP) is 3.45. The molecule has 0 bridgehead atoms. The van der Waals surface area contributed by atoms with Gasteiger partial charge in [-0.3, -0.25) is 0 Å². The Balaban J connectivity index is 1.59. The van der Waals surface area contributed by atoms with Crippen LogP contribution in [0.15, 0.2) is 40.0 Å². The highest BCUT2D eigenvalue weighted by atomic mass is 32.2. The number of nitrogens with zero attached hydrogens (tertiary/aromatic N) is 3. The number of aromatic amines is 1. The third kappa shape index (κ3) is 3.63. The number of hydrogen-bond donors (Lipinski definition) is 2. The summed E-state index contributed by atoms with van der Waals surface area (Å²) in [6, 6.07) is 10.00. The number of hydrogen-bond acceptors (Lipinski definition) is 6. The number of aryl methyl sites for hydroxylation is 2. The van der Waals surface area contributed by atoms with E-state index in [-0.39, 0.29) is 0 Å². The van der Waals surface area contributed by atoms with Gasteiger partial charge in [0.1, 0.15) is 5.76 Å². The molecule has 0 unspecified atom stereocenters. The lowest BCUT2D eigenvalue weighted by molar-refractivity contribution is 0.393. The molecule has 1 aromatic carbocycles. The van der Waals surface area contributed by atoms with Gasteiger partial charge in [0.2, 0.25) is 11.1 Å². The van der Waals surface area contributed by atoms with Gasteiger partial charge in [-0.2, -0.15) is 4.98 Å². The second kappa shape index (κ2) is 6.01. The molecule has 2 N–H and O–H groups in total. The largest absolute Gasteiger partial charge is 0.361 e. The molecule has 0 saturated carbocycles. The van der Waals surface area contributed by atoms with Crippen LogP contribution in [0.5, 0.6) is 0 Å². The average Bonchev–Trinajstić information content (AvgIpc) is 3.08. The van der Waals surface area contributed by atoms with Crippen LogP contribution in [0.4, 0.5) is 11.6 Å². The van der Waals surface area contributed by atoms with Crippen LogP contribution in [0.2, 0.25) is 0 Å². The topological polar surface area (TPSA) is 79.6 Å². The van der Waals surface area contributed by atoms with Gasteiger partial charge in [0.15, 0.2) is 0 Å². The minimum Gasteiger partial charge on any atom is -0.361 e. The van der Waals surface area contributed by atoms with E-state index in [0.717, 1.165) is 17.1 Å². The predicted molar refractivity (Wildman–Crippen MR) is 81.6 cm³/mol. The first-order chi connectivity index (χ1) is 10.2. The van der Waals surface area contributed by atoms with Gasteiger partial charge in [0.05, 0.1) is 5.69 Å². The highest BCUT2D eigenvalue weighted by Crippen LogP contribution is 2.21. The minimum absolute atomic E-state index is 0.623. The molecule has 2 aromatic heterocycles. The average molecular weight is 301 g/mol. The van der Waals surface area contributed by atoms with E-state index in [4.69, 9.17) is 4.52 Å². The van der Waals surface area contributed by atoms with Gasteiger partial charge in [0.25, 0.3) is 0 Å². The lowest BCUT2D eigenvalue weighted by Gasteiger charge is -2.01. The van der Waals surface area contributed by atoms with E-state index in [1.54, 1.807) is 0 Å². The molecule has 2 heterocycles. The third-order valence-corrected chi connectivity index (χ3v) is 3.69. The second-order valence-electron chi connectivity index (χ2n) is 4.68. The van der Waals surface area contributed by atoms with Crippen molar-refractivity contribution in [3.05, 3.63) is 47.3 Å². The number of anilines is 2. The van der Waals surface area contributed by atoms with Crippen LogP contribution >= 0.6 is 11.8 Å². The number of nitrogens with one attached hydrogen (secondary N) is 2. The Labute approximate surface area is 126 Å². The molecule has 3 aromatic rings. The number of aromatic nitrogens is 4. The quantitative estimate of drug-likeness (QED) is 0.703. The molecule has 21 heavy (non-hydrogen) atoms. The van der Waals surface area contributed by atoms with Gasteiger partial charge in [-0.05, 0) is 26.0 Å². The van der Waals surface area contributed by atoms with Crippen molar-refractivity contribution in [3.8, 4) is 0 Å². The van der Waals surface area contributed by atoms with E-state index in [2.05, 4.69) is 32.6 Å². The summed E-state index contributed by atoms with van der Waals surface area (Å²) in [5.41, 5.74) is 3.08. The molecule has 0 saturated heterocycles. The molecule has 0 radical (unpaired) electrons. The molecular formula is C14H15N5OS. The standard InChI is InChI=1S/C14H15N5OS/c1-9-3-5-11(6-4-9)15-13-16-14(18-17-13)21-8-12-7-10(2)20-19-12/h3-7H,8H2,1-2H3,(H2,15,16,17,18). The van der Waals surface area contributed by atoms with Crippen molar-refractivity contribution >= 4 is 23.4 Å². The van der Waals surface area contributed by atoms with Crippen LogP contribution in [0.25, 0.3) is 0 Å². The lowest BCUT2D eigenvalue weighted by Crippen LogP contribution is -1.92.